The van der Waals surface area contributed by atoms with E-state index in [2.05, 4.69) is 0 Å². The summed E-state index contributed by atoms with van der Waals surface area (Å²) in [6.07, 6.45) is -0.305. The maximum Gasteiger partial charge on any atom is 0.328 e. The predicted octanol–water partition coefficient (Wildman–Crippen LogP) is 1.33. The molecule has 0 fully saturated rings. The molecule has 0 saturated carbocycles. The molecule has 0 radical (unpaired) electrons. The van der Waals surface area contributed by atoms with Gasteiger partial charge in [-0.1, -0.05) is 17.7 Å². The molecule has 2 N–H and O–H groups in total. The number of amides is 1. The molecule has 0 bridgehead atoms. The van der Waals surface area contributed by atoms with Crippen LogP contribution >= 0.6 is 11.6 Å². The van der Waals surface area contributed by atoms with E-state index in [0.29, 0.717) is 0 Å². The van der Waals surface area contributed by atoms with Gasteiger partial charge in [-0.25, -0.2) is 9.18 Å². The second kappa shape index (κ2) is 6.80. The van der Waals surface area contributed by atoms with Crippen molar-refractivity contribution in [3.8, 4) is 0 Å². The topological polar surface area (TPSA) is 110 Å². The first-order valence-electron chi connectivity index (χ1n) is 5.36. The van der Waals surface area contributed by atoms with E-state index >= 15 is 0 Å². The van der Waals surface area contributed by atoms with E-state index in [4.69, 9.17) is 16.7 Å². The van der Waals surface area contributed by atoms with Gasteiger partial charge in [0, 0.05) is 12.1 Å². The third-order valence-corrected chi connectivity index (χ3v) is 2.74. The summed E-state index contributed by atoms with van der Waals surface area (Å²) < 4.78 is 12.3. The smallest absolute Gasteiger partial charge is 0.328 e. The van der Waals surface area contributed by atoms with Gasteiger partial charge in [0.05, 0.1) is 16.4 Å². The molecule has 1 unspecified atom stereocenters. The summed E-state index contributed by atoms with van der Waals surface area (Å²) in [5.41, 5.74) is 0.0455. The number of carboxylic acid groups (broad SMARTS) is 1. The minimum atomic E-state index is -1.63. The molecule has 1 atom stereocenters. The highest BCUT2D eigenvalue weighted by Crippen LogP contribution is 2.22. The molecule has 1 aromatic carbocycles. The molecule has 9 heteroatoms. The number of hydrogen-bond donors (Lipinski definition) is 2. The molecule has 1 amide bonds. The minimum Gasteiger partial charge on any atom is -0.480 e. The van der Waals surface area contributed by atoms with E-state index in [1.54, 1.807) is 0 Å². The molecule has 1 aromatic rings. The Morgan fingerprint density at radius 2 is 2.15 bits per heavy atom. The maximum atomic E-state index is 12.3. The zero-order valence-corrected chi connectivity index (χ0v) is 10.8. The number of nitro groups is 1. The summed E-state index contributed by atoms with van der Waals surface area (Å²) in [4.78, 5) is 31.9. The summed E-state index contributed by atoms with van der Waals surface area (Å²) >= 11 is 5.78. The highest BCUT2D eigenvalue weighted by atomic mass is 35.5. The van der Waals surface area contributed by atoms with Crippen LogP contribution in [0.25, 0.3) is 0 Å². The standard InChI is InChI=1S/C11H10ClFN2O5/c12-8-4-7(15(19)20)2-1-6(8)3-10(16)14-9(5-13)11(17)18/h1-2,4,9H,3,5H2,(H,14,16)(H,17,18). The number of carbonyl (C=O) groups excluding carboxylic acids is 1. The fourth-order valence-electron chi connectivity index (χ4n) is 1.38. The van der Waals surface area contributed by atoms with Crippen LogP contribution in [0.3, 0.4) is 0 Å². The third-order valence-electron chi connectivity index (χ3n) is 2.39. The minimum absolute atomic E-state index is 0.00136. The van der Waals surface area contributed by atoms with Gasteiger partial charge in [-0.05, 0) is 5.56 Å². The molecule has 0 heterocycles. The molecule has 20 heavy (non-hydrogen) atoms. The van der Waals surface area contributed by atoms with Crippen LogP contribution in [0.4, 0.5) is 10.1 Å². The number of halogens is 2. The summed E-state index contributed by atoms with van der Waals surface area (Å²) in [6.45, 7) is -1.24. The maximum absolute atomic E-state index is 12.3. The van der Waals surface area contributed by atoms with Crippen LogP contribution in [-0.2, 0) is 16.0 Å². The SMILES string of the molecule is O=C(Cc1ccc([N+](=O)[O-])cc1Cl)NC(CF)C(=O)O. The second-order valence-electron chi connectivity index (χ2n) is 3.82. The van der Waals surface area contributed by atoms with Crippen molar-refractivity contribution < 1.29 is 24.0 Å². The molecule has 108 valence electrons. The number of benzene rings is 1. The largest absolute Gasteiger partial charge is 0.480 e. The number of aliphatic carboxylic acids is 1. The Kier molecular flexibility index (Phi) is 5.39. The van der Waals surface area contributed by atoms with Crippen molar-refractivity contribution in [1.82, 2.24) is 5.32 Å². The molecule has 0 aliphatic rings. The molecule has 0 aliphatic carbocycles. The first-order valence-corrected chi connectivity index (χ1v) is 5.74. The van der Waals surface area contributed by atoms with Gasteiger partial charge < -0.3 is 10.4 Å². The lowest BCUT2D eigenvalue weighted by atomic mass is 10.1. The van der Waals surface area contributed by atoms with Crippen molar-refractivity contribution in [3.63, 3.8) is 0 Å². The van der Waals surface area contributed by atoms with E-state index in [1.807, 2.05) is 5.32 Å². The number of hydrogen-bond acceptors (Lipinski definition) is 4. The van der Waals surface area contributed by atoms with Gasteiger partial charge in [0.25, 0.3) is 5.69 Å². The molecule has 0 saturated heterocycles. The number of carboxylic acids is 1. The first-order chi connectivity index (χ1) is 9.35. The lowest BCUT2D eigenvalue weighted by molar-refractivity contribution is -0.384. The Balaban J connectivity index is 2.76. The van der Waals surface area contributed by atoms with Crippen LogP contribution in [-0.4, -0.2) is 34.6 Å². The number of rotatable bonds is 6. The van der Waals surface area contributed by atoms with E-state index in [0.717, 1.165) is 6.07 Å². The van der Waals surface area contributed by atoms with Crippen molar-refractivity contribution in [2.24, 2.45) is 0 Å². The van der Waals surface area contributed by atoms with Crippen LogP contribution in [0.15, 0.2) is 18.2 Å². The number of nitrogens with one attached hydrogen (secondary N) is 1. The molecule has 0 aromatic heterocycles. The monoisotopic (exact) mass is 304 g/mol. The van der Waals surface area contributed by atoms with Gasteiger partial charge in [-0.2, -0.15) is 0 Å². The number of nitrogens with zero attached hydrogens (tertiary/aromatic N) is 1. The summed E-state index contributed by atoms with van der Waals surface area (Å²) in [6, 6.07) is 1.90. The number of alkyl halides is 1. The Morgan fingerprint density at radius 3 is 2.60 bits per heavy atom. The first kappa shape index (κ1) is 15.8. The third kappa shape index (κ3) is 4.16. The number of carbonyl (C=O) groups is 2. The summed E-state index contributed by atoms with van der Waals surface area (Å²) in [7, 11) is 0. The zero-order valence-electron chi connectivity index (χ0n) is 10.0. The van der Waals surface area contributed by atoms with Crippen LogP contribution in [0.1, 0.15) is 5.56 Å². The van der Waals surface area contributed by atoms with Crippen molar-refractivity contribution in [3.05, 3.63) is 38.9 Å². The Morgan fingerprint density at radius 1 is 1.50 bits per heavy atom. The number of non-ortho nitro benzene ring substituents is 1. The van der Waals surface area contributed by atoms with Gasteiger partial charge in [-0.15, -0.1) is 0 Å². The fourth-order valence-corrected chi connectivity index (χ4v) is 1.62. The average Bonchev–Trinajstić information content (AvgIpc) is 2.37. The molecule has 0 aliphatic heterocycles. The Labute approximate surface area is 117 Å². The highest BCUT2D eigenvalue weighted by Gasteiger charge is 2.20. The lowest BCUT2D eigenvalue weighted by Gasteiger charge is -2.11. The van der Waals surface area contributed by atoms with Gasteiger partial charge >= 0.3 is 5.97 Å². The zero-order chi connectivity index (χ0) is 15.3. The molecular weight excluding hydrogens is 295 g/mol. The van der Waals surface area contributed by atoms with E-state index in [9.17, 15) is 24.1 Å². The van der Waals surface area contributed by atoms with Crippen molar-refractivity contribution in [2.75, 3.05) is 6.67 Å². The van der Waals surface area contributed by atoms with Gasteiger partial charge in [0.1, 0.15) is 6.67 Å². The molecular formula is C11H10ClFN2O5. The van der Waals surface area contributed by atoms with Crippen molar-refractivity contribution in [1.29, 1.82) is 0 Å². The van der Waals surface area contributed by atoms with E-state index in [-0.39, 0.29) is 22.7 Å². The Hall–Kier alpha value is -2.22. The quantitative estimate of drug-likeness (QED) is 0.608. The molecule has 1 rings (SSSR count). The van der Waals surface area contributed by atoms with Gasteiger partial charge in [-0.3, -0.25) is 14.9 Å². The number of nitro benzene ring substituents is 1. The van der Waals surface area contributed by atoms with Crippen LogP contribution in [0, 0.1) is 10.1 Å². The lowest BCUT2D eigenvalue weighted by Crippen LogP contribution is -2.43. The highest BCUT2D eigenvalue weighted by molar-refractivity contribution is 6.31. The summed E-state index contributed by atoms with van der Waals surface area (Å²) in [5, 5.41) is 21.1. The summed E-state index contributed by atoms with van der Waals surface area (Å²) in [5.74, 6) is -2.23. The van der Waals surface area contributed by atoms with E-state index in [1.165, 1.54) is 12.1 Å². The van der Waals surface area contributed by atoms with Crippen molar-refractivity contribution in [2.45, 2.75) is 12.5 Å². The molecule has 0 spiro atoms. The second-order valence-corrected chi connectivity index (χ2v) is 4.23. The Bertz CT molecular complexity index is 552. The van der Waals surface area contributed by atoms with Crippen LogP contribution < -0.4 is 5.32 Å². The van der Waals surface area contributed by atoms with Crippen LogP contribution in [0.2, 0.25) is 5.02 Å². The van der Waals surface area contributed by atoms with Crippen molar-refractivity contribution >= 4 is 29.2 Å². The average molecular weight is 305 g/mol. The normalized spacial score (nSPS) is 11.7. The van der Waals surface area contributed by atoms with Crippen LogP contribution in [0.5, 0.6) is 0 Å². The molecule has 7 nitrogen and oxygen atoms in total. The van der Waals surface area contributed by atoms with E-state index < -0.39 is 29.5 Å². The van der Waals surface area contributed by atoms with Gasteiger partial charge in [0.15, 0.2) is 6.04 Å². The predicted molar refractivity (Wildman–Crippen MR) is 67.4 cm³/mol. The fraction of sp³-hybridized carbons (Fsp3) is 0.273. The van der Waals surface area contributed by atoms with Gasteiger partial charge in [0.2, 0.25) is 5.91 Å².